The first-order chi connectivity index (χ1) is 10.7. The van der Waals surface area contributed by atoms with Crippen molar-refractivity contribution in [3.05, 3.63) is 59.1 Å². The topological polar surface area (TPSA) is 43.1 Å². The minimum atomic E-state index is 0.670. The van der Waals surface area contributed by atoms with Gasteiger partial charge in [-0.25, -0.2) is 0 Å². The third-order valence-electron chi connectivity index (χ3n) is 3.34. The van der Waals surface area contributed by atoms with Gasteiger partial charge in [-0.05, 0) is 25.1 Å². The second-order valence-corrected chi connectivity index (χ2v) is 6.40. The number of aryl methyl sites for hydroxylation is 1. The molecule has 0 unspecified atom stereocenters. The molecule has 0 bridgehead atoms. The molecule has 2 aromatic heterocycles. The smallest absolute Gasteiger partial charge is 0.182 e. The molecule has 0 amide bonds. The molecule has 0 saturated carbocycles. The van der Waals surface area contributed by atoms with Crippen LogP contribution in [0, 0.1) is 6.92 Å². The van der Waals surface area contributed by atoms with E-state index >= 15 is 0 Å². The van der Waals surface area contributed by atoms with Gasteiger partial charge in [0, 0.05) is 16.1 Å². The molecule has 0 aliphatic heterocycles. The largest absolute Gasteiger partial charge is 0.235 e. The lowest BCUT2D eigenvalue weighted by atomic mass is 10.1. The van der Waals surface area contributed by atoms with Gasteiger partial charge < -0.3 is 0 Å². The van der Waals surface area contributed by atoms with Crippen molar-refractivity contribution in [2.24, 2.45) is 0 Å². The molecular formula is C16H11ClN4S. The lowest BCUT2D eigenvalue weighted by Crippen LogP contribution is -1.91. The van der Waals surface area contributed by atoms with E-state index in [-0.39, 0.29) is 0 Å². The van der Waals surface area contributed by atoms with Crippen LogP contribution in [0.2, 0.25) is 5.02 Å². The third-order valence-corrected chi connectivity index (χ3v) is 4.52. The summed E-state index contributed by atoms with van der Waals surface area (Å²) in [6, 6.07) is 15.8. The van der Waals surface area contributed by atoms with Crippen molar-refractivity contribution in [2.45, 2.75) is 6.92 Å². The van der Waals surface area contributed by atoms with Crippen molar-refractivity contribution in [1.29, 1.82) is 0 Å². The number of hydrogen-bond donors (Lipinski definition) is 0. The van der Waals surface area contributed by atoms with E-state index < -0.39 is 0 Å². The van der Waals surface area contributed by atoms with Crippen molar-refractivity contribution in [3.8, 4) is 22.0 Å². The normalized spacial score (nSPS) is 11.2. The highest BCUT2D eigenvalue weighted by Gasteiger charge is 2.14. The first kappa shape index (κ1) is 13.4. The Bertz CT molecular complexity index is 973. The highest BCUT2D eigenvalue weighted by atomic mass is 35.5. The van der Waals surface area contributed by atoms with Crippen molar-refractivity contribution in [2.75, 3.05) is 0 Å². The fraction of sp³-hybridized carbons (Fsp3) is 0.0625. The monoisotopic (exact) mass is 326 g/mol. The van der Waals surface area contributed by atoms with Crippen LogP contribution in [0.1, 0.15) is 5.56 Å². The molecule has 108 valence electrons. The molecule has 0 spiro atoms. The van der Waals surface area contributed by atoms with E-state index in [1.807, 2.05) is 30.3 Å². The molecule has 0 aliphatic carbocycles. The summed E-state index contributed by atoms with van der Waals surface area (Å²) >= 11 is 7.58. The summed E-state index contributed by atoms with van der Waals surface area (Å²) in [4.78, 5) is 0.770. The van der Waals surface area contributed by atoms with E-state index in [4.69, 9.17) is 11.6 Å². The number of rotatable bonds is 2. The highest BCUT2D eigenvalue weighted by molar-refractivity contribution is 7.19. The fourth-order valence-corrected chi connectivity index (χ4v) is 3.35. The van der Waals surface area contributed by atoms with Crippen molar-refractivity contribution in [3.63, 3.8) is 0 Å². The number of hydrogen-bond acceptors (Lipinski definition) is 4. The van der Waals surface area contributed by atoms with Crippen LogP contribution in [0.4, 0.5) is 0 Å². The average Bonchev–Trinajstić information content (AvgIpc) is 3.07. The summed E-state index contributed by atoms with van der Waals surface area (Å²) < 4.78 is 1.77. The van der Waals surface area contributed by atoms with Gasteiger partial charge in [0.25, 0.3) is 0 Å². The molecule has 0 fully saturated rings. The molecule has 2 heterocycles. The first-order valence-electron chi connectivity index (χ1n) is 6.76. The third kappa shape index (κ3) is 2.28. The van der Waals surface area contributed by atoms with E-state index in [0.29, 0.717) is 10.8 Å². The Morgan fingerprint density at radius 3 is 2.64 bits per heavy atom. The SMILES string of the molecule is Cc1cccc(-c2nn3c(-c4cccc(Cl)c4)nnc3s2)c1. The first-order valence-corrected chi connectivity index (χ1v) is 7.95. The van der Waals surface area contributed by atoms with Crippen LogP contribution in [-0.4, -0.2) is 19.8 Å². The zero-order valence-electron chi connectivity index (χ0n) is 11.7. The van der Waals surface area contributed by atoms with Crippen LogP contribution in [0.15, 0.2) is 48.5 Å². The number of nitrogens with zero attached hydrogens (tertiary/aromatic N) is 4. The average molecular weight is 327 g/mol. The molecule has 0 radical (unpaired) electrons. The van der Waals surface area contributed by atoms with Gasteiger partial charge in [0.2, 0.25) is 4.96 Å². The van der Waals surface area contributed by atoms with Gasteiger partial charge in [-0.2, -0.15) is 9.61 Å². The molecule has 2 aromatic carbocycles. The molecule has 0 atom stereocenters. The van der Waals surface area contributed by atoms with Crippen LogP contribution in [0.25, 0.3) is 26.9 Å². The van der Waals surface area contributed by atoms with Crippen LogP contribution in [0.5, 0.6) is 0 Å². The Kier molecular flexibility index (Phi) is 3.17. The zero-order valence-corrected chi connectivity index (χ0v) is 13.3. The number of halogens is 1. The molecule has 0 N–H and O–H groups in total. The molecule has 4 aromatic rings. The van der Waals surface area contributed by atoms with Gasteiger partial charge in [0.05, 0.1) is 0 Å². The molecule has 0 aliphatic rings. The fourth-order valence-electron chi connectivity index (χ4n) is 2.32. The number of benzene rings is 2. The maximum Gasteiger partial charge on any atom is 0.235 e. The van der Waals surface area contributed by atoms with Crippen LogP contribution in [-0.2, 0) is 0 Å². The molecule has 22 heavy (non-hydrogen) atoms. The molecule has 0 saturated heterocycles. The summed E-state index contributed by atoms with van der Waals surface area (Å²) in [7, 11) is 0. The van der Waals surface area contributed by atoms with Crippen molar-refractivity contribution in [1.82, 2.24) is 19.8 Å². The summed E-state index contributed by atoms with van der Waals surface area (Å²) in [6.45, 7) is 2.07. The Balaban J connectivity index is 1.86. The summed E-state index contributed by atoms with van der Waals surface area (Å²) in [5, 5.41) is 14.7. The van der Waals surface area contributed by atoms with E-state index in [2.05, 4.69) is 40.4 Å². The minimum Gasteiger partial charge on any atom is -0.182 e. The van der Waals surface area contributed by atoms with Crippen LogP contribution < -0.4 is 0 Å². The quantitative estimate of drug-likeness (QED) is 0.545. The minimum absolute atomic E-state index is 0.670. The van der Waals surface area contributed by atoms with Gasteiger partial charge in [-0.15, -0.1) is 10.2 Å². The van der Waals surface area contributed by atoms with E-state index in [0.717, 1.165) is 21.1 Å². The molecule has 6 heteroatoms. The van der Waals surface area contributed by atoms with Crippen molar-refractivity contribution < 1.29 is 0 Å². The van der Waals surface area contributed by atoms with E-state index in [1.165, 1.54) is 16.9 Å². The van der Waals surface area contributed by atoms with Gasteiger partial charge in [-0.3, -0.25) is 0 Å². The maximum absolute atomic E-state index is 6.06. The van der Waals surface area contributed by atoms with Gasteiger partial charge in [0.1, 0.15) is 5.01 Å². The Hall–Kier alpha value is -2.24. The van der Waals surface area contributed by atoms with Crippen molar-refractivity contribution >= 4 is 27.9 Å². The highest BCUT2D eigenvalue weighted by Crippen LogP contribution is 2.29. The predicted octanol–water partition coefficient (Wildman–Crippen LogP) is 4.48. The zero-order chi connectivity index (χ0) is 15.1. The van der Waals surface area contributed by atoms with Crippen LogP contribution >= 0.6 is 22.9 Å². The Morgan fingerprint density at radius 2 is 1.82 bits per heavy atom. The molecular weight excluding hydrogens is 316 g/mol. The lowest BCUT2D eigenvalue weighted by molar-refractivity contribution is 0.970. The molecule has 4 nitrogen and oxygen atoms in total. The second kappa shape index (κ2) is 5.19. The van der Waals surface area contributed by atoms with Gasteiger partial charge >= 0.3 is 0 Å². The van der Waals surface area contributed by atoms with E-state index in [1.54, 1.807) is 4.52 Å². The van der Waals surface area contributed by atoms with E-state index in [9.17, 15) is 0 Å². The summed E-state index contributed by atoms with van der Waals surface area (Å²) in [5.74, 6) is 0.702. The Labute approximate surface area is 136 Å². The molecule has 4 rings (SSSR count). The Morgan fingerprint density at radius 1 is 1.00 bits per heavy atom. The lowest BCUT2D eigenvalue weighted by Gasteiger charge is -1.98. The van der Waals surface area contributed by atoms with Gasteiger partial charge in [-0.1, -0.05) is 58.8 Å². The van der Waals surface area contributed by atoms with Crippen LogP contribution in [0.3, 0.4) is 0 Å². The maximum atomic E-state index is 6.06. The van der Waals surface area contributed by atoms with Gasteiger partial charge in [0.15, 0.2) is 5.82 Å². The predicted molar refractivity (Wildman–Crippen MR) is 89.3 cm³/mol. The standard InChI is InChI=1S/C16H11ClN4S/c1-10-4-2-6-12(8-10)15-20-21-14(18-19-16(21)22-15)11-5-3-7-13(17)9-11/h2-9H,1H3. The summed E-state index contributed by atoms with van der Waals surface area (Å²) in [5.41, 5.74) is 3.20. The number of aromatic nitrogens is 4. The summed E-state index contributed by atoms with van der Waals surface area (Å²) in [6.07, 6.45) is 0. The second-order valence-electron chi connectivity index (χ2n) is 5.01. The number of fused-ring (bicyclic) bond motifs is 1.